The van der Waals surface area contributed by atoms with Crippen molar-refractivity contribution in [3.05, 3.63) is 29.8 Å². The Kier molecular flexibility index (Phi) is 2.30. The van der Waals surface area contributed by atoms with E-state index < -0.39 is 17.4 Å². The van der Waals surface area contributed by atoms with Crippen LogP contribution >= 0.6 is 0 Å². The van der Waals surface area contributed by atoms with Crippen LogP contribution in [0.5, 0.6) is 5.75 Å². The summed E-state index contributed by atoms with van der Waals surface area (Å²) in [4.78, 5) is 0. The first kappa shape index (κ1) is 7.85. The molecule has 1 aromatic rings. The Labute approximate surface area is 62.1 Å². The predicted octanol–water partition coefficient (Wildman–Crippen LogP) is 1.31. The van der Waals surface area contributed by atoms with Gasteiger partial charge < -0.3 is 0 Å². The van der Waals surface area contributed by atoms with Gasteiger partial charge in [-0.05, 0) is 0 Å². The molecule has 0 amide bonds. The normalized spacial score (nSPS) is 8.91. The van der Waals surface area contributed by atoms with Gasteiger partial charge >= 0.3 is 61.1 Å². The standard InChI is InChI=1S/C6H3BF2O2/c8-4-1-2-5(9)6(3-4)11-7-10/h1-3H. The van der Waals surface area contributed by atoms with Crippen molar-refractivity contribution in [3.63, 3.8) is 0 Å². The topological polar surface area (TPSA) is 26.3 Å². The van der Waals surface area contributed by atoms with Gasteiger partial charge in [0, 0.05) is 0 Å². The molecule has 0 bridgehead atoms. The maximum atomic E-state index is 12.5. The third kappa shape index (κ3) is 1.83. The van der Waals surface area contributed by atoms with Crippen LogP contribution in [-0.4, -0.2) is 7.35 Å². The van der Waals surface area contributed by atoms with E-state index in [0.29, 0.717) is 0 Å². The zero-order chi connectivity index (χ0) is 8.27. The van der Waals surface area contributed by atoms with Gasteiger partial charge in [-0.2, -0.15) is 0 Å². The number of halogens is 2. The Morgan fingerprint density at radius 2 is 2.09 bits per heavy atom. The molecule has 0 fully saturated rings. The molecule has 1 rings (SSSR count). The fourth-order valence-electron chi connectivity index (χ4n) is 0.619. The zero-order valence-electron chi connectivity index (χ0n) is 5.38. The van der Waals surface area contributed by atoms with Crippen LogP contribution in [0.15, 0.2) is 18.2 Å². The van der Waals surface area contributed by atoms with Gasteiger partial charge in [0.15, 0.2) is 0 Å². The Hall–Kier alpha value is -1.26. The van der Waals surface area contributed by atoms with E-state index >= 15 is 0 Å². The van der Waals surface area contributed by atoms with Crippen molar-refractivity contribution in [2.75, 3.05) is 0 Å². The molecule has 0 aliphatic rings. The van der Waals surface area contributed by atoms with Crippen LogP contribution in [0.1, 0.15) is 0 Å². The zero-order valence-corrected chi connectivity index (χ0v) is 5.38. The van der Waals surface area contributed by atoms with Crippen molar-refractivity contribution in [3.8, 4) is 5.75 Å². The Bertz CT molecular complexity index is 277. The SMILES string of the molecule is O=BOc1cc(F)ccc1F. The predicted molar refractivity (Wildman–Crippen MR) is 33.4 cm³/mol. The van der Waals surface area contributed by atoms with Gasteiger partial charge in [-0.1, -0.05) is 0 Å². The van der Waals surface area contributed by atoms with Crippen molar-refractivity contribution in [2.45, 2.75) is 0 Å². The minimum absolute atomic E-state index is 0.0395. The van der Waals surface area contributed by atoms with Crippen LogP contribution in [0, 0.1) is 11.6 Å². The molecular formula is C6H3BF2O2. The molecule has 0 atom stereocenters. The van der Waals surface area contributed by atoms with E-state index in [1.807, 2.05) is 0 Å². The summed E-state index contributed by atoms with van der Waals surface area (Å²) in [6, 6.07) is 2.62. The van der Waals surface area contributed by atoms with Gasteiger partial charge in [-0.3, -0.25) is 0 Å². The van der Waals surface area contributed by atoms with E-state index in [1.165, 1.54) is 0 Å². The average molecular weight is 156 g/mol. The molecule has 2 nitrogen and oxygen atoms in total. The molecule has 11 heavy (non-hydrogen) atoms. The summed E-state index contributed by atoms with van der Waals surface area (Å²) in [6.07, 6.45) is 0. The summed E-state index contributed by atoms with van der Waals surface area (Å²) < 4.78 is 38.7. The van der Waals surface area contributed by atoms with Crippen molar-refractivity contribution >= 4 is 7.35 Å². The van der Waals surface area contributed by atoms with Gasteiger partial charge in [0.2, 0.25) is 0 Å². The van der Waals surface area contributed by atoms with E-state index in [2.05, 4.69) is 4.65 Å². The second-order valence-corrected chi connectivity index (χ2v) is 1.79. The molecule has 0 N–H and O–H groups in total. The molecule has 0 unspecified atom stereocenters. The summed E-state index contributed by atoms with van der Waals surface area (Å²) in [7, 11) is 0.0395. The first-order chi connectivity index (χ1) is 5.24. The summed E-state index contributed by atoms with van der Waals surface area (Å²) in [5, 5.41) is 0. The van der Waals surface area contributed by atoms with E-state index in [4.69, 9.17) is 0 Å². The Morgan fingerprint density at radius 3 is 2.73 bits per heavy atom. The molecule has 5 heteroatoms. The molecule has 56 valence electrons. The second-order valence-electron chi connectivity index (χ2n) is 1.79. The monoisotopic (exact) mass is 156 g/mol. The Balaban J connectivity index is 3.01. The van der Waals surface area contributed by atoms with E-state index in [1.54, 1.807) is 0 Å². The summed E-state index contributed by atoms with van der Waals surface area (Å²) in [5.74, 6) is -1.82. The molecule has 0 saturated heterocycles. The van der Waals surface area contributed by atoms with E-state index in [9.17, 15) is 13.5 Å². The van der Waals surface area contributed by atoms with Crippen LogP contribution in [-0.2, 0) is 4.70 Å². The van der Waals surface area contributed by atoms with Crippen molar-refractivity contribution in [1.29, 1.82) is 0 Å². The first-order valence-electron chi connectivity index (χ1n) is 2.79. The molecule has 0 aliphatic heterocycles. The van der Waals surface area contributed by atoms with Crippen LogP contribution in [0.2, 0.25) is 0 Å². The number of benzene rings is 1. The molecule has 0 aromatic heterocycles. The van der Waals surface area contributed by atoms with Crippen molar-refractivity contribution in [2.24, 2.45) is 0 Å². The second kappa shape index (κ2) is 3.23. The van der Waals surface area contributed by atoms with Crippen LogP contribution in [0.25, 0.3) is 0 Å². The van der Waals surface area contributed by atoms with Crippen LogP contribution in [0.3, 0.4) is 0 Å². The fraction of sp³-hybridized carbons (Fsp3) is 0. The van der Waals surface area contributed by atoms with E-state index in [-0.39, 0.29) is 7.35 Å². The van der Waals surface area contributed by atoms with Crippen molar-refractivity contribution in [1.82, 2.24) is 0 Å². The first-order valence-corrected chi connectivity index (χ1v) is 2.79. The quantitative estimate of drug-likeness (QED) is 0.603. The average Bonchev–Trinajstić information content (AvgIpc) is 1.98. The maximum absolute atomic E-state index is 12.5. The molecule has 0 spiro atoms. The minimum atomic E-state index is -0.765. The third-order valence-corrected chi connectivity index (χ3v) is 1.07. The number of hydrogen-bond donors (Lipinski definition) is 0. The van der Waals surface area contributed by atoms with Gasteiger partial charge in [-0.15, -0.1) is 0 Å². The third-order valence-electron chi connectivity index (χ3n) is 1.07. The summed E-state index contributed by atoms with van der Waals surface area (Å²) >= 11 is 0. The van der Waals surface area contributed by atoms with E-state index in [0.717, 1.165) is 18.2 Å². The molecule has 0 aliphatic carbocycles. The van der Waals surface area contributed by atoms with Gasteiger partial charge in [0.25, 0.3) is 0 Å². The fourth-order valence-corrected chi connectivity index (χ4v) is 0.619. The van der Waals surface area contributed by atoms with Gasteiger partial charge in [-0.25, -0.2) is 0 Å². The van der Waals surface area contributed by atoms with Gasteiger partial charge in [0.1, 0.15) is 0 Å². The molecule has 0 radical (unpaired) electrons. The van der Waals surface area contributed by atoms with Gasteiger partial charge in [0.05, 0.1) is 0 Å². The molecule has 0 heterocycles. The summed E-state index contributed by atoms with van der Waals surface area (Å²) in [6.45, 7) is 0. The molecule has 1 aromatic carbocycles. The van der Waals surface area contributed by atoms with Crippen LogP contribution in [0.4, 0.5) is 8.78 Å². The number of rotatable bonds is 2. The number of hydrogen-bond acceptors (Lipinski definition) is 2. The summed E-state index contributed by atoms with van der Waals surface area (Å²) in [5.41, 5.74) is 0. The Morgan fingerprint density at radius 1 is 1.36 bits per heavy atom. The molecule has 0 saturated carbocycles. The van der Waals surface area contributed by atoms with Crippen LogP contribution < -0.4 is 4.65 Å². The molecular weight excluding hydrogens is 153 g/mol. The van der Waals surface area contributed by atoms with Crippen molar-refractivity contribution < 1.29 is 18.1 Å².